The first-order valence-corrected chi connectivity index (χ1v) is 6.84. The van der Waals surface area contributed by atoms with Crippen molar-refractivity contribution in [1.29, 1.82) is 0 Å². The van der Waals surface area contributed by atoms with Gasteiger partial charge in [-0.2, -0.15) is 0 Å². The maximum Gasteiger partial charge on any atom is 0.332 e. The van der Waals surface area contributed by atoms with E-state index >= 15 is 0 Å². The second-order valence-electron chi connectivity index (χ2n) is 3.82. The Balaban J connectivity index is 2.18. The van der Waals surface area contributed by atoms with Gasteiger partial charge in [0.05, 0.1) is 6.10 Å². The van der Waals surface area contributed by atoms with Gasteiger partial charge < -0.3 is 14.6 Å². The predicted octanol–water partition coefficient (Wildman–Crippen LogP) is 0.404. The highest BCUT2D eigenvalue weighted by Gasteiger charge is 2.31. The van der Waals surface area contributed by atoms with Gasteiger partial charge in [0.2, 0.25) is 0 Å². The van der Waals surface area contributed by atoms with Crippen LogP contribution in [0.5, 0.6) is 0 Å². The van der Waals surface area contributed by atoms with Crippen molar-refractivity contribution in [2.45, 2.75) is 31.5 Å². The molecule has 6 heteroatoms. The molecule has 1 N–H and O–H groups in total. The Morgan fingerprint density at radius 1 is 1.56 bits per heavy atom. The van der Waals surface area contributed by atoms with Crippen molar-refractivity contribution in [2.24, 2.45) is 0 Å². The molecule has 3 unspecified atom stereocenters. The molecule has 1 rings (SSSR count). The maximum atomic E-state index is 11.6. The number of methoxy groups -OCH3 is 1. The van der Waals surface area contributed by atoms with E-state index in [4.69, 9.17) is 14.6 Å². The van der Waals surface area contributed by atoms with Gasteiger partial charge in [-0.05, 0) is 19.3 Å². The summed E-state index contributed by atoms with van der Waals surface area (Å²) in [5.74, 6) is 0.103. The molecule has 16 heavy (non-hydrogen) atoms. The highest BCUT2D eigenvalue weighted by Crippen LogP contribution is 2.20. The first-order chi connectivity index (χ1) is 7.63. The fourth-order valence-electron chi connectivity index (χ4n) is 1.66. The Kier molecular flexibility index (Phi) is 5.94. The number of aliphatic carboxylic acids is 1. The van der Waals surface area contributed by atoms with Crippen molar-refractivity contribution in [1.82, 2.24) is 0 Å². The van der Waals surface area contributed by atoms with Crippen LogP contribution in [0.4, 0.5) is 0 Å². The fourth-order valence-corrected chi connectivity index (χ4v) is 2.93. The lowest BCUT2D eigenvalue weighted by molar-refractivity contribution is -0.148. The molecule has 0 aromatic rings. The quantitative estimate of drug-likeness (QED) is 0.662. The maximum absolute atomic E-state index is 11.6. The van der Waals surface area contributed by atoms with E-state index in [9.17, 15) is 9.00 Å². The molecule has 3 atom stereocenters. The summed E-state index contributed by atoms with van der Waals surface area (Å²) >= 11 is 0. The van der Waals surface area contributed by atoms with E-state index in [0.717, 1.165) is 6.42 Å². The van der Waals surface area contributed by atoms with Gasteiger partial charge in [-0.3, -0.25) is 4.21 Å². The summed E-state index contributed by atoms with van der Waals surface area (Å²) in [6.45, 7) is 0.606. The summed E-state index contributed by atoms with van der Waals surface area (Å²) in [6, 6.07) is 0. The van der Waals surface area contributed by atoms with Crippen LogP contribution in [0.25, 0.3) is 0 Å². The van der Waals surface area contributed by atoms with Crippen molar-refractivity contribution in [3.63, 3.8) is 0 Å². The average molecular weight is 250 g/mol. The van der Waals surface area contributed by atoms with E-state index in [-0.39, 0.29) is 6.10 Å². The lowest BCUT2D eigenvalue weighted by Gasteiger charge is -2.10. The first-order valence-electron chi connectivity index (χ1n) is 5.35. The third kappa shape index (κ3) is 4.59. The minimum Gasteiger partial charge on any atom is -0.479 e. The van der Waals surface area contributed by atoms with Crippen LogP contribution in [0.3, 0.4) is 0 Å². The molecule has 5 nitrogen and oxygen atoms in total. The standard InChI is InChI=1S/C10H18O5S/c1-14-5-2-6-16(13)7-8-3-4-9(15-8)10(11)12/h8-9H,2-7H2,1H3,(H,11,12). The molecule has 0 aromatic heterocycles. The zero-order valence-corrected chi connectivity index (χ0v) is 10.2. The van der Waals surface area contributed by atoms with Crippen LogP contribution in [0, 0.1) is 0 Å². The summed E-state index contributed by atoms with van der Waals surface area (Å²) in [5.41, 5.74) is 0. The topological polar surface area (TPSA) is 72.8 Å². The molecular formula is C10H18O5S. The molecule has 0 spiro atoms. The first kappa shape index (κ1) is 13.6. The average Bonchev–Trinajstić information content (AvgIpc) is 2.66. The predicted molar refractivity (Wildman–Crippen MR) is 59.9 cm³/mol. The molecule has 0 aliphatic carbocycles. The summed E-state index contributed by atoms with van der Waals surface area (Å²) in [7, 11) is 0.674. The number of carboxylic acid groups (broad SMARTS) is 1. The number of carboxylic acids is 1. The lowest BCUT2D eigenvalue weighted by atomic mass is 10.2. The van der Waals surface area contributed by atoms with Crippen LogP contribution in [-0.2, 0) is 25.1 Å². The van der Waals surface area contributed by atoms with Crippen LogP contribution >= 0.6 is 0 Å². The van der Waals surface area contributed by atoms with Crippen molar-refractivity contribution in [2.75, 3.05) is 25.2 Å². The summed E-state index contributed by atoms with van der Waals surface area (Å²) in [5, 5.41) is 8.72. The Hall–Kier alpha value is -0.460. The highest BCUT2D eigenvalue weighted by molar-refractivity contribution is 7.85. The van der Waals surface area contributed by atoms with Gasteiger partial charge in [0.15, 0.2) is 6.10 Å². The Morgan fingerprint density at radius 2 is 2.31 bits per heavy atom. The van der Waals surface area contributed by atoms with E-state index in [1.807, 2.05) is 0 Å². The minimum absolute atomic E-state index is 0.163. The number of carbonyl (C=O) groups is 1. The van der Waals surface area contributed by atoms with Crippen LogP contribution < -0.4 is 0 Å². The van der Waals surface area contributed by atoms with E-state index in [1.54, 1.807) is 7.11 Å². The van der Waals surface area contributed by atoms with E-state index in [2.05, 4.69) is 0 Å². The molecule has 94 valence electrons. The van der Waals surface area contributed by atoms with Crippen LogP contribution in [-0.4, -0.2) is 52.7 Å². The third-order valence-corrected chi connectivity index (χ3v) is 3.96. The highest BCUT2D eigenvalue weighted by atomic mass is 32.2. The molecule has 0 saturated carbocycles. The van der Waals surface area contributed by atoms with Crippen molar-refractivity contribution >= 4 is 16.8 Å². The van der Waals surface area contributed by atoms with Crippen LogP contribution in [0.15, 0.2) is 0 Å². The molecule has 0 bridgehead atoms. The molecule has 0 radical (unpaired) electrons. The largest absolute Gasteiger partial charge is 0.479 e. The second-order valence-corrected chi connectivity index (χ2v) is 5.44. The van der Waals surface area contributed by atoms with Gasteiger partial charge in [-0.25, -0.2) is 4.79 Å². The van der Waals surface area contributed by atoms with Gasteiger partial charge >= 0.3 is 5.97 Å². The Morgan fingerprint density at radius 3 is 2.88 bits per heavy atom. The normalized spacial score (nSPS) is 26.8. The van der Waals surface area contributed by atoms with Crippen LogP contribution in [0.2, 0.25) is 0 Å². The molecule has 1 fully saturated rings. The minimum atomic E-state index is -0.937. The molecule has 1 heterocycles. The molecule has 1 aliphatic heterocycles. The van der Waals surface area contributed by atoms with E-state index in [1.165, 1.54) is 0 Å². The smallest absolute Gasteiger partial charge is 0.332 e. The zero-order chi connectivity index (χ0) is 12.0. The Labute approximate surface area is 97.6 Å². The number of hydrogen-bond acceptors (Lipinski definition) is 4. The van der Waals surface area contributed by atoms with Gasteiger partial charge in [0.1, 0.15) is 0 Å². The number of hydrogen-bond donors (Lipinski definition) is 1. The lowest BCUT2D eigenvalue weighted by Crippen LogP contribution is -2.24. The summed E-state index contributed by atoms with van der Waals surface area (Å²) < 4.78 is 21.7. The fraction of sp³-hybridized carbons (Fsp3) is 0.900. The summed E-state index contributed by atoms with van der Waals surface area (Å²) in [4.78, 5) is 10.6. The molecule has 1 saturated heterocycles. The van der Waals surface area contributed by atoms with E-state index in [0.29, 0.717) is 31.0 Å². The molecule has 0 aromatic carbocycles. The zero-order valence-electron chi connectivity index (χ0n) is 9.39. The van der Waals surface area contributed by atoms with Crippen LogP contribution in [0.1, 0.15) is 19.3 Å². The number of rotatable bonds is 7. The molecule has 1 aliphatic rings. The second kappa shape index (κ2) is 6.98. The molecule has 0 amide bonds. The van der Waals surface area contributed by atoms with Gasteiger partial charge in [-0.15, -0.1) is 0 Å². The SMILES string of the molecule is COCCCS(=O)CC1CCC(C(=O)O)O1. The van der Waals surface area contributed by atoms with Crippen molar-refractivity contribution < 1.29 is 23.6 Å². The molecular weight excluding hydrogens is 232 g/mol. The summed E-state index contributed by atoms with van der Waals surface area (Å²) in [6.07, 6.45) is 1.10. The third-order valence-electron chi connectivity index (χ3n) is 2.48. The number of ether oxygens (including phenoxy) is 2. The van der Waals surface area contributed by atoms with Gasteiger partial charge in [-0.1, -0.05) is 0 Å². The van der Waals surface area contributed by atoms with Gasteiger partial charge in [0, 0.05) is 36.0 Å². The van der Waals surface area contributed by atoms with E-state index < -0.39 is 22.9 Å². The van der Waals surface area contributed by atoms with Gasteiger partial charge in [0.25, 0.3) is 0 Å². The van der Waals surface area contributed by atoms with Crippen molar-refractivity contribution in [3.8, 4) is 0 Å². The Bertz CT molecular complexity index is 256. The van der Waals surface area contributed by atoms with Crippen molar-refractivity contribution in [3.05, 3.63) is 0 Å². The monoisotopic (exact) mass is 250 g/mol.